The van der Waals surface area contributed by atoms with Crippen molar-refractivity contribution in [1.82, 2.24) is 10.2 Å². The molecule has 0 spiro atoms. The van der Waals surface area contributed by atoms with Crippen LogP contribution in [-0.2, 0) is 9.53 Å². The number of nitrogens with zero attached hydrogens (tertiary/aromatic N) is 1. The van der Waals surface area contributed by atoms with Gasteiger partial charge in [-0.15, -0.1) is 11.3 Å². The van der Waals surface area contributed by atoms with E-state index in [0.717, 1.165) is 19.3 Å². The quantitative estimate of drug-likeness (QED) is 0.927. The van der Waals surface area contributed by atoms with Gasteiger partial charge in [0.1, 0.15) is 0 Å². The third-order valence-electron chi connectivity index (χ3n) is 4.40. The maximum atomic E-state index is 12.3. The van der Waals surface area contributed by atoms with Gasteiger partial charge >= 0.3 is 6.09 Å². The van der Waals surface area contributed by atoms with Crippen LogP contribution in [0.15, 0.2) is 17.5 Å². The number of ether oxygens (including phenoxy) is 1. The Morgan fingerprint density at radius 3 is 2.82 bits per heavy atom. The Labute approximate surface area is 134 Å². The van der Waals surface area contributed by atoms with Crippen molar-refractivity contribution in [2.45, 2.75) is 38.1 Å². The zero-order chi connectivity index (χ0) is 15.5. The predicted octanol–water partition coefficient (Wildman–Crippen LogP) is 2.59. The molecule has 2 amide bonds. The van der Waals surface area contributed by atoms with Crippen molar-refractivity contribution in [3.63, 3.8) is 0 Å². The number of rotatable bonds is 4. The van der Waals surface area contributed by atoms with Crippen LogP contribution < -0.4 is 5.32 Å². The number of hydrogen-bond donors (Lipinski definition) is 1. The summed E-state index contributed by atoms with van der Waals surface area (Å²) in [5.74, 6) is 0.731. The van der Waals surface area contributed by atoms with Crippen LogP contribution in [0.1, 0.15) is 37.0 Å². The van der Waals surface area contributed by atoms with Crippen LogP contribution in [0, 0.1) is 5.92 Å². The molecule has 1 saturated carbocycles. The molecule has 0 aromatic carbocycles. The minimum Gasteiger partial charge on any atom is -0.450 e. The predicted molar refractivity (Wildman–Crippen MR) is 84.9 cm³/mol. The summed E-state index contributed by atoms with van der Waals surface area (Å²) in [6.45, 7) is 3.53. The molecule has 2 fully saturated rings. The lowest BCUT2D eigenvalue weighted by molar-refractivity contribution is -0.123. The first-order valence-corrected chi connectivity index (χ1v) is 8.82. The van der Waals surface area contributed by atoms with Crippen LogP contribution in [0.3, 0.4) is 0 Å². The molecule has 1 aromatic heterocycles. The molecule has 5 nitrogen and oxygen atoms in total. The van der Waals surface area contributed by atoms with Crippen LogP contribution in [0.5, 0.6) is 0 Å². The monoisotopic (exact) mass is 322 g/mol. The summed E-state index contributed by atoms with van der Waals surface area (Å²) < 4.78 is 5.00. The number of amides is 2. The smallest absolute Gasteiger partial charge is 0.409 e. The van der Waals surface area contributed by atoms with E-state index in [0.29, 0.717) is 25.6 Å². The molecule has 1 saturated heterocycles. The van der Waals surface area contributed by atoms with Gasteiger partial charge in [0.25, 0.3) is 0 Å². The van der Waals surface area contributed by atoms with Gasteiger partial charge in [0.2, 0.25) is 5.91 Å². The van der Waals surface area contributed by atoms with E-state index in [-0.39, 0.29) is 24.0 Å². The van der Waals surface area contributed by atoms with Crippen LogP contribution in [0.2, 0.25) is 0 Å². The normalized spacial score (nSPS) is 24.9. The van der Waals surface area contributed by atoms with Crippen LogP contribution in [-0.4, -0.2) is 42.6 Å². The Bertz CT molecular complexity index is 524. The minimum absolute atomic E-state index is 0.140. The van der Waals surface area contributed by atoms with Crippen molar-refractivity contribution in [3.05, 3.63) is 22.4 Å². The molecular weight excluding hydrogens is 300 g/mol. The lowest BCUT2D eigenvalue weighted by Gasteiger charge is -2.31. The van der Waals surface area contributed by atoms with Gasteiger partial charge in [0.05, 0.1) is 6.61 Å². The van der Waals surface area contributed by atoms with Gasteiger partial charge in [-0.05, 0) is 37.6 Å². The fourth-order valence-electron chi connectivity index (χ4n) is 3.03. The van der Waals surface area contributed by atoms with Gasteiger partial charge < -0.3 is 15.0 Å². The van der Waals surface area contributed by atoms with Crippen molar-refractivity contribution in [2.24, 2.45) is 5.92 Å². The van der Waals surface area contributed by atoms with Gasteiger partial charge in [-0.3, -0.25) is 4.79 Å². The first-order valence-electron chi connectivity index (χ1n) is 7.94. The Hall–Kier alpha value is -1.56. The number of hydrogen-bond acceptors (Lipinski definition) is 4. The summed E-state index contributed by atoms with van der Waals surface area (Å²) in [7, 11) is 0. The molecule has 0 bridgehead atoms. The summed E-state index contributed by atoms with van der Waals surface area (Å²) in [5, 5.41) is 5.21. The molecule has 2 aliphatic rings. The summed E-state index contributed by atoms with van der Waals surface area (Å²) in [5.41, 5.74) is 0. The Morgan fingerprint density at radius 2 is 2.18 bits per heavy atom. The third kappa shape index (κ3) is 3.43. The van der Waals surface area contributed by atoms with E-state index in [2.05, 4.69) is 16.8 Å². The van der Waals surface area contributed by atoms with Crippen molar-refractivity contribution < 1.29 is 14.3 Å². The van der Waals surface area contributed by atoms with Crippen LogP contribution in [0.25, 0.3) is 0 Å². The highest BCUT2D eigenvalue weighted by molar-refractivity contribution is 7.10. The second-order valence-corrected chi connectivity index (χ2v) is 6.91. The first-order chi connectivity index (χ1) is 10.7. The molecule has 3 rings (SSSR count). The molecule has 1 aliphatic heterocycles. The lowest BCUT2D eigenvalue weighted by Crippen LogP contribution is -2.47. The average Bonchev–Trinajstić information content (AvgIpc) is 3.14. The van der Waals surface area contributed by atoms with Crippen molar-refractivity contribution in [3.8, 4) is 0 Å². The van der Waals surface area contributed by atoms with Gasteiger partial charge in [0, 0.05) is 35.8 Å². The third-order valence-corrected chi connectivity index (χ3v) is 5.41. The van der Waals surface area contributed by atoms with Crippen LogP contribution >= 0.6 is 11.3 Å². The topological polar surface area (TPSA) is 58.6 Å². The van der Waals surface area contributed by atoms with E-state index < -0.39 is 0 Å². The largest absolute Gasteiger partial charge is 0.450 e. The number of carbonyl (C=O) groups excluding carboxylic acids is 2. The average molecular weight is 322 g/mol. The molecule has 1 aromatic rings. The highest BCUT2D eigenvalue weighted by atomic mass is 32.1. The molecule has 6 heteroatoms. The van der Waals surface area contributed by atoms with E-state index in [9.17, 15) is 9.59 Å². The van der Waals surface area contributed by atoms with E-state index in [1.54, 1.807) is 16.2 Å². The molecule has 22 heavy (non-hydrogen) atoms. The standard InChI is InChI=1S/C16H22N2O3S/c1-2-21-16(20)18-7-5-11(6-8-18)17-15(19)13-10-12(13)14-4-3-9-22-14/h3-4,9,11-13H,2,5-8,10H2,1H3,(H,17,19). The fourth-order valence-corrected chi connectivity index (χ4v) is 3.94. The zero-order valence-corrected chi connectivity index (χ0v) is 13.6. The highest BCUT2D eigenvalue weighted by Gasteiger charge is 2.45. The number of nitrogens with one attached hydrogen (secondary N) is 1. The maximum Gasteiger partial charge on any atom is 0.409 e. The van der Waals surface area contributed by atoms with Gasteiger partial charge in [0.15, 0.2) is 0 Å². The fraction of sp³-hybridized carbons (Fsp3) is 0.625. The Kier molecular flexibility index (Phi) is 4.66. The SMILES string of the molecule is CCOC(=O)N1CCC(NC(=O)C2CC2c2cccs2)CC1. The molecule has 2 unspecified atom stereocenters. The molecular formula is C16H22N2O3S. The second kappa shape index (κ2) is 6.69. The molecule has 2 atom stereocenters. The van der Waals surface area contributed by atoms with E-state index in [4.69, 9.17) is 4.74 Å². The Balaban J connectivity index is 1.42. The highest BCUT2D eigenvalue weighted by Crippen LogP contribution is 2.49. The van der Waals surface area contributed by atoms with Crippen molar-refractivity contribution in [1.29, 1.82) is 0 Å². The molecule has 1 aliphatic carbocycles. The molecule has 2 heterocycles. The van der Waals surface area contributed by atoms with Gasteiger partial charge in [-0.25, -0.2) is 4.79 Å². The number of carbonyl (C=O) groups is 2. The molecule has 120 valence electrons. The van der Waals surface area contributed by atoms with Gasteiger partial charge in [-0.1, -0.05) is 6.07 Å². The molecule has 0 radical (unpaired) electrons. The summed E-state index contributed by atoms with van der Waals surface area (Å²) in [4.78, 5) is 27.0. The molecule has 1 N–H and O–H groups in total. The number of piperidine rings is 1. The van der Waals surface area contributed by atoms with E-state index in [1.807, 2.05) is 13.0 Å². The van der Waals surface area contributed by atoms with Crippen molar-refractivity contribution >= 4 is 23.3 Å². The van der Waals surface area contributed by atoms with E-state index >= 15 is 0 Å². The summed E-state index contributed by atoms with van der Waals surface area (Å²) in [6.07, 6.45) is 2.34. The summed E-state index contributed by atoms with van der Waals surface area (Å²) >= 11 is 1.73. The lowest BCUT2D eigenvalue weighted by atomic mass is 10.1. The maximum absolute atomic E-state index is 12.3. The number of thiophene rings is 1. The Morgan fingerprint density at radius 1 is 1.41 bits per heavy atom. The first kappa shape index (κ1) is 15.3. The van der Waals surface area contributed by atoms with Gasteiger partial charge in [-0.2, -0.15) is 0 Å². The number of likely N-dealkylation sites (tertiary alicyclic amines) is 1. The zero-order valence-electron chi connectivity index (χ0n) is 12.8. The van der Waals surface area contributed by atoms with Crippen molar-refractivity contribution in [2.75, 3.05) is 19.7 Å². The van der Waals surface area contributed by atoms with E-state index in [1.165, 1.54) is 4.88 Å². The van der Waals surface area contributed by atoms with Crippen LogP contribution in [0.4, 0.5) is 4.79 Å². The summed E-state index contributed by atoms with van der Waals surface area (Å²) in [6, 6.07) is 4.33. The minimum atomic E-state index is -0.243. The second-order valence-electron chi connectivity index (χ2n) is 5.93.